The zero-order valence-corrected chi connectivity index (χ0v) is 17.6. The summed E-state index contributed by atoms with van der Waals surface area (Å²) in [7, 11) is 0. The molecule has 3 aromatic heterocycles. The average Bonchev–Trinajstić information content (AvgIpc) is 3.33. The monoisotopic (exact) mass is 417 g/mol. The van der Waals surface area contributed by atoms with Crippen molar-refractivity contribution in [3.8, 4) is 0 Å². The van der Waals surface area contributed by atoms with Gasteiger partial charge in [0, 0.05) is 9.75 Å². The van der Waals surface area contributed by atoms with Crippen LogP contribution in [0.2, 0.25) is 0 Å². The first-order chi connectivity index (χ1) is 13.6. The molecule has 0 saturated heterocycles. The van der Waals surface area contributed by atoms with E-state index >= 15 is 0 Å². The van der Waals surface area contributed by atoms with Gasteiger partial charge in [-0.2, -0.15) is 0 Å². The van der Waals surface area contributed by atoms with Gasteiger partial charge in [-0.25, -0.2) is 4.98 Å². The van der Waals surface area contributed by atoms with Gasteiger partial charge in [0.15, 0.2) is 12.4 Å². The molecule has 0 fully saturated rings. The largest absolute Gasteiger partial charge is 0.346 e. The Bertz CT molecular complexity index is 1020. The van der Waals surface area contributed by atoms with Gasteiger partial charge in [0.1, 0.15) is 11.4 Å². The number of fused-ring (bicyclic) bond motifs is 3. The lowest BCUT2D eigenvalue weighted by molar-refractivity contribution is -0.904. The third-order valence-electron chi connectivity index (χ3n) is 5.24. The molecule has 0 bridgehead atoms. The van der Waals surface area contributed by atoms with E-state index < -0.39 is 0 Å². The van der Waals surface area contributed by atoms with E-state index in [2.05, 4.69) is 10.3 Å². The predicted molar refractivity (Wildman–Crippen MR) is 113 cm³/mol. The van der Waals surface area contributed by atoms with E-state index in [4.69, 9.17) is 4.98 Å². The fraction of sp³-hybridized carbons (Fsp3) is 0.450. The Morgan fingerprint density at radius 3 is 3.00 bits per heavy atom. The molecule has 1 aliphatic rings. The fourth-order valence-corrected chi connectivity index (χ4v) is 5.66. The summed E-state index contributed by atoms with van der Waals surface area (Å²) in [5.74, 6) is 0.680. The zero-order valence-electron chi connectivity index (χ0n) is 16.0. The van der Waals surface area contributed by atoms with Gasteiger partial charge in [0.2, 0.25) is 0 Å². The second-order valence-corrected chi connectivity index (χ2v) is 9.33. The number of nitrogens with one attached hydrogen (secondary N) is 3. The molecule has 0 saturated carbocycles. The number of H-pyrrole nitrogens is 1. The number of carbonyl (C=O) groups is 1. The van der Waals surface area contributed by atoms with Crippen molar-refractivity contribution in [2.45, 2.75) is 45.7 Å². The van der Waals surface area contributed by atoms with Gasteiger partial charge >= 0.3 is 0 Å². The number of hydrogen-bond donors (Lipinski definition) is 3. The lowest BCUT2D eigenvalue weighted by Crippen LogP contribution is -3.11. The molecular weight excluding hydrogens is 392 g/mol. The highest BCUT2D eigenvalue weighted by Gasteiger charge is 2.21. The van der Waals surface area contributed by atoms with Crippen molar-refractivity contribution in [1.82, 2.24) is 15.3 Å². The number of aromatic amines is 1. The first-order valence-corrected chi connectivity index (χ1v) is 11.5. The Hall–Kier alpha value is -2.03. The number of likely N-dealkylation sites (N-methyl/N-ethyl adjacent to an activating group) is 1. The highest BCUT2D eigenvalue weighted by Crippen LogP contribution is 2.33. The maximum absolute atomic E-state index is 12.7. The molecule has 28 heavy (non-hydrogen) atoms. The molecule has 148 valence electrons. The molecule has 8 heteroatoms. The van der Waals surface area contributed by atoms with Crippen LogP contribution in [0.1, 0.15) is 40.9 Å². The van der Waals surface area contributed by atoms with Crippen LogP contribution in [-0.4, -0.2) is 29.0 Å². The molecule has 0 spiro atoms. The Labute approximate surface area is 171 Å². The number of aryl methyl sites for hydroxylation is 2. The molecular formula is C20H25N4O2S2+. The molecule has 6 nitrogen and oxygen atoms in total. The summed E-state index contributed by atoms with van der Waals surface area (Å²) < 4.78 is 0. The number of amides is 1. The average molecular weight is 418 g/mol. The second kappa shape index (κ2) is 8.55. The standard InChI is InChI=1S/C20H24N4O2S2/c1-2-24(12-17(25)21-10-13-6-5-9-27-13)11-16-22-19(26)18-14-7-3-4-8-15(14)28-20(18)23-16/h5-6,9H,2-4,7-8,10-12H2,1H3,(H,21,25)(H,22,23,26)/p+1. The van der Waals surface area contributed by atoms with E-state index in [-0.39, 0.29) is 11.5 Å². The molecule has 1 atom stereocenters. The highest BCUT2D eigenvalue weighted by molar-refractivity contribution is 7.18. The van der Waals surface area contributed by atoms with Crippen LogP contribution in [-0.2, 0) is 30.7 Å². The Morgan fingerprint density at radius 1 is 1.36 bits per heavy atom. The first-order valence-electron chi connectivity index (χ1n) is 9.80. The molecule has 0 aromatic carbocycles. The van der Waals surface area contributed by atoms with Crippen LogP contribution in [0, 0.1) is 0 Å². The van der Waals surface area contributed by atoms with Gasteiger partial charge in [-0.1, -0.05) is 6.07 Å². The van der Waals surface area contributed by atoms with Crippen LogP contribution in [0.5, 0.6) is 0 Å². The van der Waals surface area contributed by atoms with Crippen LogP contribution >= 0.6 is 22.7 Å². The molecule has 3 heterocycles. The zero-order chi connectivity index (χ0) is 19.5. The quantitative estimate of drug-likeness (QED) is 0.547. The predicted octanol–water partition coefficient (Wildman–Crippen LogP) is 1.65. The molecule has 4 rings (SSSR count). The molecule has 1 aliphatic carbocycles. The third-order valence-corrected chi connectivity index (χ3v) is 7.30. The van der Waals surface area contributed by atoms with Gasteiger partial charge in [0.25, 0.3) is 11.5 Å². The first kappa shape index (κ1) is 19.3. The van der Waals surface area contributed by atoms with Crippen molar-refractivity contribution in [2.75, 3.05) is 13.1 Å². The van der Waals surface area contributed by atoms with E-state index in [1.54, 1.807) is 22.7 Å². The summed E-state index contributed by atoms with van der Waals surface area (Å²) in [5.41, 5.74) is 1.18. The topological polar surface area (TPSA) is 79.3 Å². The van der Waals surface area contributed by atoms with Crippen LogP contribution in [0.4, 0.5) is 0 Å². The van der Waals surface area contributed by atoms with Gasteiger partial charge in [-0.15, -0.1) is 22.7 Å². The maximum Gasteiger partial charge on any atom is 0.275 e. The summed E-state index contributed by atoms with van der Waals surface area (Å²) in [4.78, 5) is 37.1. The normalized spacial score (nSPS) is 14.8. The van der Waals surface area contributed by atoms with Crippen LogP contribution in [0.3, 0.4) is 0 Å². The smallest absolute Gasteiger partial charge is 0.275 e. The van der Waals surface area contributed by atoms with Crippen molar-refractivity contribution >= 4 is 38.8 Å². The summed E-state index contributed by atoms with van der Waals surface area (Å²) in [6, 6.07) is 4.00. The van der Waals surface area contributed by atoms with Gasteiger partial charge in [-0.05, 0) is 49.6 Å². The number of aromatic nitrogens is 2. The third kappa shape index (κ3) is 4.19. The van der Waals surface area contributed by atoms with Gasteiger partial charge < -0.3 is 15.2 Å². The van der Waals surface area contributed by atoms with Crippen molar-refractivity contribution in [1.29, 1.82) is 0 Å². The molecule has 3 N–H and O–H groups in total. The molecule has 1 unspecified atom stereocenters. The van der Waals surface area contributed by atoms with E-state index in [1.165, 1.54) is 16.9 Å². The number of nitrogens with zero attached hydrogens (tertiary/aromatic N) is 1. The van der Waals surface area contributed by atoms with E-state index in [0.717, 1.165) is 45.8 Å². The summed E-state index contributed by atoms with van der Waals surface area (Å²) in [6.45, 7) is 4.30. The Balaban J connectivity index is 1.45. The minimum atomic E-state index is -0.0306. The van der Waals surface area contributed by atoms with E-state index in [0.29, 0.717) is 25.5 Å². The van der Waals surface area contributed by atoms with E-state index in [9.17, 15) is 9.59 Å². The molecule has 0 aliphatic heterocycles. The van der Waals surface area contributed by atoms with E-state index in [1.807, 2.05) is 24.4 Å². The summed E-state index contributed by atoms with van der Waals surface area (Å²) in [5, 5.41) is 5.76. The molecule has 0 radical (unpaired) electrons. The second-order valence-electron chi connectivity index (χ2n) is 7.22. The van der Waals surface area contributed by atoms with Crippen LogP contribution in [0.25, 0.3) is 10.2 Å². The SMILES string of the molecule is CC[NH+](CC(=O)NCc1cccs1)Cc1nc2sc3c(c2c(=O)[nH]1)CCCC3. The van der Waals surface area contributed by atoms with Crippen molar-refractivity contribution < 1.29 is 9.69 Å². The van der Waals surface area contributed by atoms with Crippen LogP contribution < -0.4 is 15.8 Å². The highest BCUT2D eigenvalue weighted by atomic mass is 32.1. The van der Waals surface area contributed by atoms with Crippen molar-refractivity contribution in [3.05, 3.63) is 49.0 Å². The summed E-state index contributed by atoms with van der Waals surface area (Å²) in [6.07, 6.45) is 4.38. The van der Waals surface area contributed by atoms with Gasteiger partial charge in [0.05, 0.1) is 18.5 Å². The number of thiophene rings is 2. The number of quaternary nitrogens is 1. The Kier molecular flexibility index (Phi) is 5.89. The lowest BCUT2D eigenvalue weighted by atomic mass is 9.97. The molecule has 3 aromatic rings. The minimum absolute atomic E-state index is 0.0141. The molecule has 1 amide bonds. The van der Waals surface area contributed by atoms with Crippen molar-refractivity contribution in [3.63, 3.8) is 0 Å². The number of rotatable bonds is 7. The lowest BCUT2D eigenvalue weighted by Gasteiger charge is -2.16. The summed E-state index contributed by atoms with van der Waals surface area (Å²) >= 11 is 3.30. The van der Waals surface area contributed by atoms with Crippen LogP contribution in [0.15, 0.2) is 22.3 Å². The number of hydrogen-bond acceptors (Lipinski definition) is 5. The fourth-order valence-electron chi connectivity index (χ4n) is 3.73. The van der Waals surface area contributed by atoms with Gasteiger partial charge in [-0.3, -0.25) is 9.59 Å². The maximum atomic E-state index is 12.7. The van der Waals surface area contributed by atoms with Crippen molar-refractivity contribution in [2.24, 2.45) is 0 Å². The minimum Gasteiger partial charge on any atom is -0.346 e. The number of carbonyl (C=O) groups excluding carboxylic acids is 1. The Morgan fingerprint density at radius 2 is 2.21 bits per heavy atom.